The Hall–Kier alpha value is -2.82. The number of ether oxygens (including phenoxy) is 2. The van der Waals surface area contributed by atoms with Crippen LogP contribution >= 0.6 is 0 Å². The van der Waals surface area contributed by atoms with Gasteiger partial charge in [-0.3, -0.25) is 0 Å². The first-order chi connectivity index (χ1) is 12.3. The standard InChI is InChI=1S/C20H23N3O2/c1-24-15-10-12-16(13-11-15)25-14-6-2-3-8-18-17-7-4-5-9-19(17)23-20(21)22-18/h4-5,7,9-13H,2-3,6,8,14H2,1H3,(H2,21,22,23). The lowest BCUT2D eigenvalue weighted by Crippen LogP contribution is -2.02. The quantitative estimate of drug-likeness (QED) is 0.629. The smallest absolute Gasteiger partial charge is 0.220 e. The Labute approximate surface area is 147 Å². The summed E-state index contributed by atoms with van der Waals surface area (Å²) in [5.74, 6) is 2.05. The first-order valence-corrected chi connectivity index (χ1v) is 8.54. The maximum Gasteiger partial charge on any atom is 0.220 e. The van der Waals surface area contributed by atoms with Crippen LogP contribution in [0.1, 0.15) is 25.0 Å². The van der Waals surface area contributed by atoms with Crippen LogP contribution in [-0.2, 0) is 6.42 Å². The molecule has 0 spiro atoms. The summed E-state index contributed by atoms with van der Waals surface area (Å²) < 4.78 is 10.9. The third-order valence-corrected chi connectivity index (χ3v) is 4.09. The summed E-state index contributed by atoms with van der Waals surface area (Å²) in [6.45, 7) is 0.707. The Morgan fingerprint density at radius 2 is 1.64 bits per heavy atom. The van der Waals surface area contributed by atoms with Gasteiger partial charge in [-0.15, -0.1) is 0 Å². The fraction of sp³-hybridized carbons (Fsp3) is 0.300. The van der Waals surface area contributed by atoms with Crippen molar-refractivity contribution in [2.75, 3.05) is 19.5 Å². The predicted octanol–water partition coefficient (Wildman–Crippen LogP) is 4.01. The van der Waals surface area contributed by atoms with E-state index in [-0.39, 0.29) is 0 Å². The van der Waals surface area contributed by atoms with E-state index in [1.807, 2.05) is 42.5 Å². The molecular formula is C20H23N3O2. The highest BCUT2D eigenvalue weighted by molar-refractivity contribution is 5.81. The van der Waals surface area contributed by atoms with Crippen molar-refractivity contribution in [2.24, 2.45) is 0 Å². The summed E-state index contributed by atoms with van der Waals surface area (Å²) in [7, 11) is 1.66. The molecule has 0 unspecified atom stereocenters. The van der Waals surface area contributed by atoms with Gasteiger partial charge in [0, 0.05) is 5.39 Å². The summed E-state index contributed by atoms with van der Waals surface area (Å²) in [4.78, 5) is 8.68. The number of nitrogens with two attached hydrogens (primary N) is 1. The molecule has 5 heteroatoms. The van der Waals surface area contributed by atoms with Crippen molar-refractivity contribution in [3.8, 4) is 11.5 Å². The maximum absolute atomic E-state index is 5.81. The number of methoxy groups -OCH3 is 1. The largest absolute Gasteiger partial charge is 0.497 e. The molecule has 0 amide bonds. The number of aromatic nitrogens is 2. The molecule has 0 aliphatic carbocycles. The van der Waals surface area contributed by atoms with Gasteiger partial charge in [-0.1, -0.05) is 18.2 Å². The zero-order valence-electron chi connectivity index (χ0n) is 14.4. The van der Waals surface area contributed by atoms with Crippen molar-refractivity contribution >= 4 is 16.9 Å². The molecule has 2 N–H and O–H groups in total. The number of fused-ring (bicyclic) bond motifs is 1. The van der Waals surface area contributed by atoms with Crippen LogP contribution in [0.5, 0.6) is 11.5 Å². The monoisotopic (exact) mass is 337 g/mol. The minimum absolute atomic E-state index is 0.344. The van der Waals surface area contributed by atoms with E-state index in [0.29, 0.717) is 12.6 Å². The molecule has 0 aliphatic heterocycles. The number of benzene rings is 2. The van der Waals surface area contributed by atoms with E-state index in [1.165, 1.54) is 0 Å². The molecule has 0 aliphatic rings. The van der Waals surface area contributed by atoms with E-state index in [0.717, 1.165) is 53.8 Å². The topological polar surface area (TPSA) is 70.3 Å². The average molecular weight is 337 g/mol. The number of aryl methyl sites for hydroxylation is 1. The maximum atomic E-state index is 5.81. The number of hydrogen-bond acceptors (Lipinski definition) is 5. The van der Waals surface area contributed by atoms with Gasteiger partial charge in [0.05, 0.1) is 24.9 Å². The van der Waals surface area contributed by atoms with E-state index in [2.05, 4.69) is 16.0 Å². The molecule has 0 saturated carbocycles. The third-order valence-electron chi connectivity index (χ3n) is 4.09. The Morgan fingerprint density at radius 1 is 0.880 bits per heavy atom. The Kier molecular flexibility index (Phi) is 5.67. The van der Waals surface area contributed by atoms with Gasteiger partial charge < -0.3 is 15.2 Å². The van der Waals surface area contributed by atoms with E-state index in [9.17, 15) is 0 Å². The highest BCUT2D eigenvalue weighted by Crippen LogP contribution is 2.19. The van der Waals surface area contributed by atoms with Gasteiger partial charge in [0.2, 0.25) is 5.95 Å². The SMILES string of the molecule is COc1ccc(OCCCCCc2nc(N)nc3ccccc23)cc1. The number of nitrogen functional groups attached to an aromatic ring is 1. The number of nitrogens with zero attached hydrogens (tertiary/aromatic N) is 2. The molecular weight excluding hydrogens is 314 g/mol. The van der Waals surface area contributed by atoms with Crippen molar-refractivity contribution in [3.05, 3.63) is 54.2 Å². The number of para-hydroxylation sites is 1. The van der Waals surface area contributed by atoms with Gasteiger partial charge in [-0.25, -0.2) is 9.97 Å². The summed E-state index contributed by atoms with van der Waals surface area (Å²) >= 11 is 0. The van der Waals surface area contributed by atoms with Crippen LogP contribution in [0, 0.1) is 0 Å². The Balaban J connectivity index is 1.44. The van der Waals surface area contributed by atoms with Crippen molar-refractivity contribution in [1.29, 1.82) is 0 Å². The molecule has 1 heterocycles. The van der Waals surface area contributed by atoms with Crippen LogP contribution in [-0.4, -0.2) is 23.7 Å². The van der Waals surface area contributed by atoms with Gasteiger partial charge in [-0.2, -0.15) is 0 Å². The minimum atomic E-state index is 0.344. The molecule has 0 atom stereocenters. The highest BCUT2D eigenvalue weighted by Gasteiger charge is 2.05. The molecule has 0 bridgehead atoms. The second-order valence-corrected chi connectivity index (χ2v) is 5.88. The fourth-order valence-electron chi connectivity index (χ4n) is 2.79. The van der Waals surface area contributed by atoms with Crippen molar-refractivity contribution < 1.29 is 9.47 Å². The highest BCUT2D eigenvalue weighted by atomic mass is 16.5. The van der Waals surface area contributed by atoms with Crippen LogP contribution in [0.3, 0.4) is 0 Å². The van der Waals surface area contributed by atoms with E-state index in [4.69, 9.17) is 15.2 Å². The van der Waals surface area contributed by atoms with Crippen LogP contribution in [0.25, 0.3) is 10.9 Å². The van der Waals surface area contributed by atoms with Gasteiger partial charge in [0.25, 0.3) is 0 Å². The molecule has 2 aromatic carbocycles. The van der Waals surface area contributed by atoms with E-state index < -0.39 is 0 Å². The lowest BCUT2D eigenvalue weighted by Gasteiger charge is -2.08. The fourth-order valence-corrected chi connectivity index (χ4v) is 2.79. The molecule has 3 aromatic rings. The first-order valence-electron chi connectivity index (χ1n) is 8.54. The van der Waals surface area contributed by atoms with Crippen molar-refractivity contribution in [2.45, 2.75) is 25.7 Å². The predicted molar refractivity (Wildman–Crippen MR) is 100.0 cm³/mol. The van der Waals surface area contributed by atoms with Crippen LogP contribution in [0.2, 0.25) is 0 Å². The molecule has 25 heavy (non-hydrogen) atoms. The zero-order chi connectivity index (χ0) is 17.5. The van der Waals surface area contributed by atoms with Crippen LogP contribution in [0.4, 0.5) is 5.95 Å². The normalized spacial score (nSPS) is 10.8. The van der Waals surface area contributed by atoms with Crippen LogP contribution in [0.15, 0.2) is 48.5 Å². The average Bonchev–Trinajstić information content (AvgIpc) is 2.64. The Bertz CT molecular complexity index is 819. The summed E-state index contributed by atoms with van der Waals surface area (Å²) in [6.07, 6.45) is 4.03. The first kappa shape index (κ1) is 17.0. The van der Waals surface area contributed by atoms with Crippen LogP contribution < -0.4 is 15.2 Å². The van der Waals surface area contributed by atoms with Gasteiger partial charge in [0.1, 0.15) is 11.5 Å². The van der Waals surface area contributed by atoms with E-state index >= 15 is 0 Å². The number of unbranched alkanes of at least 4 members (excludes halogenated alkanes) is 2. The number of anilines is 1. The van der Waals surface area contributed by atoms with E-state index in [1.54, 1.807) is 7.11 Å². The zero-order valence-corrected chi connectivity index (χ0v) is 14.4. The van der Waals surface area contributed by atoms with Gasteiger partial charge in [0.15, 0.2) is 0 Å². The second-order valence-electron chi connectivity index (χ2n) is 5.88. The molecule has 1 aromatic heterocycles. The molecule has 130 valence electrons. The summed E-state index contributed by atoms with van der Waals surface area (Å²) in [5, 5.41) is 1.09. The number of hydrogen-bond donors (Lipinski definition) is 1. The summed E-state index contributed by atoms with van der Waals surface area (Å²) in [5.41, 5.74) is 7.75. The molecule has 0 saturated heterocycles. The lowest BCUT2D eigenvalue weighted by atomic mass is 10.1. The van der Waals surface area contributed by atoms with Crippen molar-refractivity contribution in [3.63, 3.8) is 0 Å². The molecule has 3 rings (SSSR count). The van der Waals surface area contributed by atoms with Gasteiger partial charge >= 0.3 is 0 Å². The molecule has 0 fully saturated rings. The Morgan fingerprint density at radius 3 is 2.44 bits per heavy atom. The summed E-state index contributed by atoms with van der Waals surface area (Å²) in [6, 6.07) is 15.7. The second kappa shape index (κ2) is 8.33. The third kappa shape index (κ3) is 4.59. The van der Waals surface area contributed by atoms with Crippen molar-refractivity contribution in [1.82, 2.24) is 9.97 Å². The molecule has 0 radical (unpaired) electrons. The lowest BCUT2D eigenvalue weighted by molar-refractivity contribution is 0.304. The molecule has 5 nitrogen and oxygen atoms in total. The number of rotatable bonds is 8. The van der Waals surface area contributed by atoms with Gasteiger partial charge in [-0.05, 0) is 56.0 Å². The minimum Gasteiger partial charge on any atom is -0.497 e.